The van der Waals surface area contributed by atoms with Crippen LogP contribution >= 0.6 is 0 Å². The van der Waals surface area contributed by atoms with Crippen LogP contribution in [0.2, 0.25) is 0 Å². The lowest BCUT2D eigenvalue weighted by Crippen LogP contribution is -2.57. The van der Waals surface area contributed by atoms with Gasteiger partial charge >= 0.3 is 12.0 Å². The summed E-state index contributed by atoms with van der Waals surface area (Å²) in [6, 6.07) is 8.28. The fourth-order valence-electron chi connectivity index (χ4n) is 4.32. The van der Waals surface area contributed by atoms with Crippen molar-refractivity contribution in [2.75, 3.05) is 33.7 Å². The molecule has 0 saturated carbocycles. The number of amides is 2. The fourth-order valence-corrected chi connectivity index (χ4v) is 4.32. The van der Waals surface area contributed by atoms with Crippen molar-refractivity contribution in [1.82, 2.24) is 15.1 Å². The van der Waals surface area contributed by atoms with Gasteiger partial charge in [-0.1, -0.05) is 31.2 Å². The second-order valence-electron chi connectivity index (χ2n) is 8.18. The highest BCUT2D eigenvalue weighted by atomic mass is 16.4. The van der Waals surface area contributed by atoms with Gasteiger partial charge in [0.15, 0.2) is 0 Å². The van der Waals surface area contributed by atoms with E-state index >= 15 is 0 Å². The van der Waals surface area contributed by atoms with E-state index in [1.165, 1.54) is 11.1 Å². The predicted octanol–water partition coefficient (Wildman–Crippen LogP) is 1.84. The van der Waals surface area contributed by atoms with Crippen LogP contribution in [0.4, 0.5) is 4.79 Å². The molecule has 2 aliphatic rings. The molecule has 2 amide bonds. The zero-order valence-electron chi connectivity index (χ0n) is 15.9. The van der Waals surface area contributed by atoms with Crippen LogP contribution in [0.3, 0.4) is 0 Å². The van der Waals surface area contributed by atoms with E-state index in [0.29, 0.717) is 26.1 Å². The lowest BCUT2D eigenvalue weighted by atomic mass is 9.90. The van der Waals surface area contributed by atoms with E-state index in [4.69, 9.17) is 0 Å². The van der Waals surface area contributed by atoms with Crippen molar-refractivity contribution in [1.29, 1.82) is 0 Å². The zero-order valence-corrected chi connectivity index (χ0v) is 15.9. The predicted molar refractivity (Wildman–Crippen MR) is 100 cm³/mol. The Kier molecular flexibility index (Phi) is 5.23. The summed E-state index contributed by atoms with van der Waals surface area (Å²) in [5, 5.41) is 12.4. The van der Waals surface area contributed by atoms with Crippen LogP contribution in [-0.4, -0.2) is 66.2 Å². The molecule has 26 heavy (non-hydrogen) atoms. The number of nitrogens with zero attached hydrogens (tertiary/aromatic N) is 2. The van der Waals surface area contributed by atoms with Crippen molar-refractivity contribution in [3.8, 4) is 0 Å². The zero-order chi connectivity index (χ0) is 18.9. The molecule has 1 aromatic rings. The van der Waals surface area contributed by atoms with Gasteiger partial charge in [-0.3, -0.25) is 4.79 Å². The molecule has 1 saturated heterocycles. The first kappa shape index (κ1) is 18.7. The van der Waals surface area contributed by atoms with Crippen molar-refractivity contribution in [2.24, 2.45) is 11.8 Å². The van der Waals surface area contributed by atoms with Gasteiger partial charge in [0.25, 0.3) is 0 Å². The maximum atomic E-state index is 12.7. The molecular formula is C20H29N3O3. The Hall–Kier alpha value is -2.08. The number of fused-ring (bicyclic) bond motifs is 1. The summed E-state index contributed by atoms with van der Waals surface area (Å²) in [4.78, 5) is 27.9. The van der Waals surface area contributed by atoms with E-state index in [1.54, 1.807) is 4.90 Å². The van der Waals surface area contributed by atoms with Gasteiger partial charge in [-0.15, -0.1) is 0 Å². The quantitative estimate of drug-likeness (QED) is 0.860. The van der Waals surface area contributed by atoms with E-state index < -0.39 is 11.9 Å². The molecule has 2 unspecified atom stereocenters. The Bertz CT molecular complexity index is 664. The van der Waals surface area contributed by atoms with Gasteiger partial charge in [-0.25, -0.2) is 4.79 Å². The van der Waals surface area contributed by atoms with Gasteiger partial charge in [0.05, 0.1) is 5.92 Å². The second kappa shape index (κ2) is 7.27. The summed E-state index contributed by atoms with van der Waals surface area (Å²) in [5.74, 6) is -1.08. The number of likely N-dealkylation sites (N-methyl/N-ethyl adjacent to an activating group) is 1. The average molecular weight is 359 g/mol. The van der Waals surface area contributed by atoms with Crippen LogP contribution in [0, 0.1) is 11.8 Å². The molecule has 0 aromatic heterocycles. The van der Waals surface area contributed by atoms with Gasteiger partial charge in [0, 0.05) is 25.2 Å². The number of likely N-dealkylation sites (tertiary alicyclic amines) is 1. The monoisotopic (exact) mass is 359 g/mol. The Morgan fingerprint density at radius 3 is 2.38 bits per heavy atom. The van der Waals surface area contributed by atoms with Gasteiger partial charge in [0.1, 0.15) is 0 Å². The van der Waals surface area contributed by atoms with Crippen LogP contribution in [0.15, 0.2) is 24.3 Å². The Labute approximate surface area is 155 Å². The Morgan fingerprint density at radius 1 is 1.23 bits per heavy atom. The molecule has 1 fully saturated rings. The first-order valence-electron chi connectivity index (χ1n) is 9.30. The highest BCUT2D eigenvalue weighted by molar-refractivity contribution is 5.76. The lowest BCUT2D eigenvalue weighted by molar-refractivity contribution is -0.143. The molecule has 6 nitrogen and oxygen atoms in total. The molecule has 142 valence electrons. The normalized spacial score (nSPS) is 24.4. The molecule has 0 bridgehead atoms. The number of hydrogen-bond acceptors (Lipinski definition) is 3. The number of hydrogen-bond donors (Lipinski definition) is 2. The first-order valence-corrected chi connectivity index (χ1v) is 9.30. The first-order chi connectivity index (χ1) is 12.3. The number of piperidine rings is 1. The van der Waals surface area contributed by atoms with E-state index in [9.17, 15) is 14.7 Å². The van der Waals surface area contributed by atoms with Gasteiger partial charge in [-0.05, 0) is 50.4 Å². The Morgan fingerprint density at radius 2 is 1.85 bits per heavy atom. The molecule has 3 rings (SSSR count). The molecular weight excluding hydrogens is 330 g/mol. The number of carbonyl (C=O) groups is 2. The van der Waals surface area contributed by atoms with Crippen molar-refractivity contribution < 1.29 is 14.7 Å². The highest BCUT2D eigenvalue weighted by Crippen LogP contribution is 2.33. The van der Waals surface area contributed by atoms with Crippen LogP contribution in [0.5, 0.6) is 0 Å². The van der Waals surface area contributed by atoms with Crippen molar-refractivity contribution in [3.05, 3.63) is 35.4 Å². The second-order valence-corrected chi connectivity index (χ2v) is 8.18. The molecule has 2 N–H and O–H groups in total. The highest BCUT2D eigenvalue weighted by Gasteiger charge is 2.40. The summed E-state index contributed by atoms with van der Waals surface area (Å²) >= 11 is 0. The molecule has 1 heterocycles. The van der Waals surface area contributed by atoms with Gasteiger partial charge in [-0.2, -0.15) is 0 Å². The van der Waals surface area contributed by atoms with E-state index in [2.05, 4.69) is 48.6 Å². The van der Waals surface area contributed by atoms with E-state index in [0.717, 1.165) is 12.8 Å². The SMILES string of the molecule is CC1CC(C(=O)O)CN(C(=O)NCC2(N(C)C)Cc3ccccc3C2)C1. The summed E-state index contributed by atoms with van der Waals surface area (Å²) in [6.45, 7) is 3.46. The number of carbonyl (C=O) groups excluding carboxylic acids is 1. The smallest absolute Gasteiger partial charge is 0.317 e. The number of aliphatic carboxylic acids is 1. The maximum absolute atomic E-state index is 12.7. The summed E-state index contributed by atoms with van der Waals surface area (Å²) in [6.07, 6.45) is 2.45. The molecule has 2 atom stereocenters. The van der Waals surface area contributed by atoms with Crippen molar-refractivity contribution >= 4 is 12.0 Å². The van der Waals surface area contributed by atoms with Crippen LogP contribution in [-0.2, 0) is 17.6 Å². The summed E-state index contributed by atoms with van der Waals surface area (Å²) in [5.41, 5.74) is 2.55. The van der Waals surface area contributed by atoms with Crippen LogP contribution in [0.25, 0.3) is 0 Å². The molecule has 6 heteroatoms. The van der Waals surface area contributed by atoms with E-state index in [-0.39, 0.29) is 17.5 Å². The number of urea groups is 1. The fraction of sp³-hybridized carbons (Fsp3) is 0.600. The number of carboxylic acid groups (broad SMARTS) is 1. The molecule has 0 radical (unpaired) electrons. The largest absolute Gasteiger partial charge is 0.481 e. The standard InChI is InChI=1S/C20H29N3O3/c1-14-8-17(18(24)25)12-23(11-14)19(26)21-13-20(22(2)3)9-15-6-4-5-7-16(15)10-20/h4-7,14,17H,8-13H2,1-3H3,(H,21,26)(H,24,25). The third kappa shape index (κ3) is 3.70. The molecule has 1 aliphatic heterocycles. The topological polar surface area (TPSA) is 72.9 Å². The molecule has 1 aliphatic carbocycles. The van der Waals surface area contributed by atoms with E-state index in [1.807, 2.05) is 6.92 Å². The minimum absolute atomic E-state index is 0.132. The number of benzene rings is 1. The Balaban J connectivity index is 1.65. The van der Waals surface area contributed by atoms with Gasteiger partial charge < -0.3 is 20.2 Å². The average Bonchev–Trinajstić information content (AvgIpc) is 2.99. The minimum Gasteiger partial charge on any atom is -0.481 e. The number of carboxylic acids is 1. The summed E-state index contributed by atoms with van der Waals surface area (Å²) < 4.78 is 0. The van der Waals surface area contributed by atoms with Crippen LogP contribution < -0.4 is 5.32 Å². The number of nitrogens with one attached hydrogen (secondary N) is 1. The lowest BCUT2D eigenvalue weighted by Gasteiger charge is -2.39. The maximum Gasteiger partial charge on any atom is 0.317 e. The summed E-state index contributed by atoms with van der Waals surface area (Å²) in [7, 11) is 4.11. The van der Waals surface area contributed by atoms with Crippen molar-refractivity contribution in [2.45, 2.75) is 31.7 Å². The number of rotatable bonds is 4. The van der Waals surface area contributed by atoms with Crippen molar-refractivity contribution in [3.63, 3.8) is 0 Å². The third-order valence-electron chi connectivity index (χ3n) is 5.97. The molecule has 1 aromatic carbocycles. The molecule has 0 spiro atoms. The minimum atomic E-state index is -0.814. The van der Waals surface area contributed by atoms with Crippen LogP contribution in [0.1, 0.15) is 24.5 Å². The third-order valence-corrected chi connectivity index (χ3v) is 5.97. The van der Waals surface area contributed by atoms with Gasteiger partial charge in [0.2, 0.25) is 0 Å².